The van der Waals surface area contributed by atoms with Crippen LogP contribution in [0.2, 0.25) is 0 Å². The van der Waals surface area contributed by atoms with Crippen molar-refractivity contribution in [2.24, 2.45) is 0 Å². The highest BCUT2D eigenvalue weighted by Gasteiger charge is 2.47. The van der Waals surface area contributed by atoms with Gasteiger partial charge in [-0.3, -0.25) is 14.7 Å². The lowest BCUT2D eigenvalue weighted by Gasteiger charge is -2.27. The van der Waals surface area contributed by atoms with Gasteiger partial charge in [-0.1, -0.05) is 18.2 Å². The molecule has 2 unspecified atom stereocenters. The minimum absolute atomic E-state index is 0.00215. The second kappa shape index (κ2) is 7.08. The summed E-state index contributed by atoms with van der Waals surface area (Å²) in [5.74, 6) is 1.14. The van der Waals surface area contributed by atoms with Crippen molar-refractivity contribution in [1.29, 1.82) is 5.26 Å². The van der Waals surface area contributed by atoms with Gasteiger partial charge in [-0.25, -0.2) is 0 Å². The van der Waals surface area contributed by atoms with Crippen LogP contribution in [0.1, 0.15) is 27.3 Å². The molecule has 7 heteroatoms. The van der Waals surface area contributed by atoms with Crippen LogP contribution >= 0.6 is 11.8 Å². The Bertz CT molecular complexity index is 1210. The van der Waals surface area contributed by atoms with Crippen molar-refractivity contribution in [3.8, 4) is 28.8 Å². The largest absolute Gasteiger partial charge is 0.493 e. The van der Waals surface area contributed by atoms with Gasteiger partial charge in [0.15, 0.2) is 11.5 Å². The molecule has 3 heterocycles. The Kier molecular flexibility index (Phi) is 4.37. The van der Waals surface area contributed by atoms with E-state index in [1.807, 2.05) is 48.5 Å². The number of fused-ring (bicyclic) bond motifs is 7. The third kappa shape index (κ3) is 2.65. The van der Waals surface area contributed by atoms with Crippen molar-refractivity contribution in [3.05, 3.63) is 71.4 Å². The van der Waals surface area contributed by atoms with Gasteiger partial charge in [0.25, 0.3) is 0 Å². The second-order valence-corrected chi connectivity index (χ2v) is 8.17. The van der Waals surface area contributed by atoms with Gasteiger partial charge in [-0.15, -0.1) is 11.8 Å². The van der Waals surface area contributed by atoms with E-state index in [0.29, 0.717) is 17.1 Å². The molecule has 2 aromatic carbocycles. The number of nitriles is 1. The fourth-order valence-corrected chi connectivity index (χ4v) is 5.54. The molecule has 1 fully saturated rings. The van der Waals surface area contributed by atoms with E-state index < -0.39 is 5.25 Å². The maximum atomic E-state index is 13.6. The first-order valence-corrected chi connectivity index (χ1v) is 10.3. The number of ether oxygens (including phenoxy) is 2. The maximum absolute atomic E-state index is 13.6. The number of anilines is 1. The molecule has 30 heavy (non-hydrogen) atoms. The van der Waals surface area contributed by atoms with E-state index in [1.165, 1.54) is 0 Å². The number of pyridine rings is 1. The monoisotopic (exact) mass is 415 g/mol. The molecule has 2 aliphatic rings. The zero-order valence-electron chi connectivity index (χ0n) is 16.3. The van der Waals surface area contributed by atoms with Gasteiger partial charge >= 0.3 is 0 Å². The van der Waals surface area contributed by atoms with Crippen LogP contribution in [-0.2, 0) is 4.79 Å². The van der Waals surface area contributed by atoms with Crippen molar-refractivity contribution < 1.29 is 14.3 Å². The molecular formula is C23H17N3O3S. The molecule has 0 radical (unpaired) electrons. The normalized spacial score (nSPS) is 18.8. The van der Waals surface area contributed by atoms with Crippen LogP contribution in [0.15, 0.2) is 54.7 Å². The standard InChI is InChI=1S/C23H17N3O3S/c1-28-18-9-15-16(10-19(18)29-2)21-22(27)26(14-6-4-3-5-7-14)23(30-21)17-8-13(11-24)12-25-20(15)17/h3-10,12,21,23H,1-2H3. The molecule has 1 aromatic heterocycles. The lowest BCUT2D eigenvalue weighted by Crippen LogP contribution is -2.30. The lowest BCUT2D eigenvalue weighted by molar-refractivity contribution is -0.117. The Morgan fingerprint density at radius 1 is 1.07 bits per heavy atom. The van der Waals surface area contributed by atoms with E-state index in [4.69, 9.17) is 9.47 Å². The second-order valence-electron chi connectivity index (χ2n) is 6.98. The number of carbonyl (C=O) groups excluding carboxylic acids is 1. The molecule has 2 aliphatic heterocycles. The first kappa shape index (κ1) is 18.5. The average molecular weight is 415 g/mol. The summed E-state index contributed by atoms with van der Waals surface area (Å²) in [6.45, 7) is 0. The number of carbonyl (C=O) groups is 1. The number of benzene rings is 2. The molecular weight excluding hydrogens is 398 g/mol. The van der Waals surface area contributed by atoms with Crippen molar-refractivity contribution in [3.63, 3.8) is 0 Å². The van der Waals surface area contributed by atoms with Crippen LogP contribution in [0.25, 0.3) is 11.3 Å². The molecule has 0 aliphatic carbocycles. The van der Waals surface area contributed by atoms with E-state index in [9.17, 15) is 10.1 Å². The molecule has 2 bridgehead atoms. The molecule has 148 valence electrons. The van der Waals surface area contributed by atoms with Gasteiger partial charge in [0.2, 0.25) is 5.91 Å². The minimum Gasteiger partial charge on any atom is -0.493 e. The predicted molar refractivity (Wildman–Crippen MR) is 114 cm³/mol. The van der Waals surface area contributed by atoms with E-state index in [1.54, 1.807) is 37.1 Å². The Hall–Kier alpha value is -3.50. The molecule has 3 aromatic rings. The van der Waals surface area contributed by atoms with Crippen LogP contribution in [0.4, 0.5) is 5.69 Å². The Balaban J connectivity index is 1.80. The highest BCUT2D eigenvalue weighted by molar-refractivity contribution is 8.01. The van der Waals surface area contributed by atoms with Crippen molar-refractivity contribution in [2.75, 3.05) is 19.1 Å². The topological polar surface area (TPSA) is 75.5 Å². The predicted octanol–water partition coefficient (Wildman–Crippen LogP) is 4.47. The third-order valence-electron chi connectivity index (χ3n) is 5.40. The molecule has 5 rings (SSSR count). The first-order chi connectivity index (χ1) is 14.7. The van der Waals surface area contributed by atoms with Gasteiger partial charge in [0, 0.05) is 23.0 Å². The van der Waals surface area contributed by atoms with Crippen molar-refractivity contribution >= 4 is 23.4 Å². The molecule has 6 nitrogen and oxygen atoms in total. The number of aromatic nitrogens is 1. The summed E-state index contributed by atoms with van der Waals surface area (Å²) >= 11 is 1.55. The SMILES string of the molecule is COc1cc2c(cc1OC)C1SC(c3cc(C#N)cnc3-2)N(c2ccccc2)C1=O. The van der Waals surface area contributed by atoms with Crippen LogP contribution in [0, 0.1) is 11.3 Å². The maximum Gasteiger partial charge on any atom is 0.245 e. The summed E-state index contributed by atoms with van der Waals surface area (Å²) in [5.41, 5.74) is 4.53. The molecule has 0 N–H and O–H groups in total. The Labute approximate surface area is 178 Å². The van der Waals surface area contributed by atoms with E-state index >= 15 is 0 Å². The van der Waals surface area contributed by atoms with Gasteiger partial charge in [-0.05, 0) is 35.9 Å². The number of para-hydroxylation sites is 1. The third-order valence-corrected chi connectivity index (χ3v) is 6.85. The van der Waals surface area contributed by atoms with E-state index in [0.717, 1.165) is 28.1 Å². The molecule has 1 amide bonds. The van der Waals surface area contributed by atoms with E-state index in [-0.39, 0.29) is 11.3 Å². The number of amides is 1. The summed E-state index contributed by atoms with van der Waals surface area (Å²) < 4.78 is 11.0. The van der Waals surface area contributed by atoms with Crippen LogP contribution in [0.5, 0.6) is 11.5 Å². The average Bonchev–Trinajstić information content (AvgIpc) is 3.07. The van der Waals surface area contributed by atoms with Crippen molar-refractivity contribution in [1.82, 2.24) is 4.98 Å². The summed E-state index contributed by atoms with van der Waals surface area (Å²) in [6.07, 6.45) is 1.57. The summed E-state index contributed by atoms with van der Waals surface area (Å²) in [4.78, 5) is 20.0. The zero-order chi connectivity index (χ0) is 20.8. The highest BCUT2D eigenvalue weighted by Crippen LogP contribution is 2.58. The number of hydrogen-bond donors (Lipinski definition) is 0. The molecule has 0 saturated carbocycles. The number of hydrogen-bond acceptors (Lipinski definition) is 6. The molecule has 1 saturated heterocycles. The number of thioether (sulfide) groups is 1. The number of rotatable bonds is 3. The summed E-state index contributed by atoms with van der Waals surface area (Å²) in [7, 11) is 3.16. The summed E-state index contributed by atoms with van der Waals surface area (Å²) in [6, 6.07) is 17.3. The van der Waals surface area contributed by atoms with Gasteiger partial charge in [0.1, 0.15) is 16.7 Å². The first-order valence-electron chi connectivity index (χ1n) is 9.36. The minimum atomic E-state index is -0.412. The fraction of sp³-hybridized carbons (Fsp3) is 0.174. The van der Waals surface area contributed by atoms with Gasteiger partial charge < -0.3 is 9.47 Å². The number of methoxy groups -OCH3 is 2. The van der Waals surface area contributed by atoms with Crippen molar-refractivity contribution in [2.45, 2.75) is 10.6 Å². The van der Waals surface area contributed by atoms with Crippen LogP contribution < -0.4 is 14.4 Å². The van der Waals surface area contributed by atoms with E-state index in [2.05, 4.69) is 11.1 Å². The molecule has 2 atom stereocenters. The zero-order valence-corrected chi connectivity index (χ0v) is 17.1. The number of nitrogens with zero attached hydrogens (tertiary/aromatic N) is 3. The van der Waals surface area contributed by atoms with Gasteiger partial charge in [-0.2, -0.15) is 5.26 Å². The van der Waals surface area contributed by atoms with Crippen LogP contribution in [0.3, 0.4) is 0 Å². The van der Waals surface area contributed by atoms with Crippen LogP contribution in [-0.4, -0.2) is 25.1 Å². The lowest BCUT2D eigenvalue weighted by atomic mass is 9.94. The smallest absolute Gasteiger partial charge is 0.245 e. The Morgan fingerprint density at radius 2 is 1.80 bits per heavy atom. The molecule has 0 spiro atoms. The fourth-order valence-electron chi connectivity index (χ4n) is 4.03. The quantitative estimate of drug-likeness (QED) is 0.628. The summed E-state index contributed by atoms with van der Waals surface area (Å²) in [5, 5.41) is 8.75. The van der Waals surface area contributed by atoms with Gasteiger partial charge in [0.05, 0.1) is 25.5 Å². The highest BCUT2D eigenvalue weighted by atomic mass is 32.2. The Morgan fingerprint density at radius 3 is 2.50 bits per heavy atom.